The SMILES string of the molecule is COc1ccccc1[C@H](Cn1c(=O)n(C(C)(C)C(=O)O)c(=O)c2c(C)c(C#N)sc21)O[C@H]1CCC2CO[C@H](C2)C1. The van der Waals surface area contributed by atoms with Crippen molar-refractivity contribution in [3.05, 3.63) is 61.1 Å². The van der Waals surface area contributed by atoms with Gasteiger partial charge in [-0.2, -0.15) is 5.26 Å². The van der Waals surface area contributed by atoms with E-state index < -0.39 is 28.9 Å². The molecule has 2 fully saturated rings. The van der Waals surface area contributed by atoms with E-state index in [4.69, 9.17) is 14.2 Å². The van der Waals surface area contributed by atoms with Crippen LogP contribution >= 0.6 is 11.3 Å². The normalized spacial score (nSPS) is 21.6. The van der Waals surface area contributed by atoms with E-state index in [9.17, 15) is 24.8 Å². The second-order valence-corrected chi connectivity index (χ2v) is 12.1. The van der Waals surface area contributed by atoms with Crippen LogP contribution in [0.2, 0.25) is 0 Å². The molecular formula is C29H33N3O7S. The van der Waals surface area contributed by atoms with Crippen LogP contribution in [0.1, 0.15) is 61.6 Å². The third-order valence-corrected chi connectivity index (χ3v) is 9.39. The minimum absolute atomic E-state index is 0.0119. The topological polar surface area (TPSA) is 133 Å². The van der Waals surface area contributed by atoms with Gasteiger partial charge in [0.2, 0.25) is 0 Å². The molecular weight excluding hydrogens is 534 g/mol. The fraction of sp³-hybridized carbons (Fsp3) is 0.517. The van der Waals surface area contributed by atoms with Gasteiger partial charge in [0, 0.05) is 12.2 Å². The van der Waals surface area contributed by atoms with Crippen molar-refractivity contribution in [1.29, 1.82) is 5.26 Å². The maximum Gasteiger partial charge on any atom is 0.333 e. The number of carboxylic acid groups (broad SMARTS) is 1. The molecule has 0 spiro atoms. The Morgan fingerprint density at radius 2 is 2.02 bits per heavy atom. The minimum Gasteiger partial charge on any atom is -0.496 e. The number of nitrogens with zero attached hydrogens (tertiary/aromatic N) is 3. The number of carboxylic acids is 1. The Bertz CT molecular complexity index is 1610. The number of hydrogen-bond acceptors (Lipinski definition) is 8. The highest BCUT2D eigenvalue weighted by Crippen LogP contribution is 2.38. The number of thiophene rings is 1. The van der Waals surface area contributed by atoms with Crippen LogP contribution in [0.3, 0.4) is 0 Å². The second kappa shape index (κ2) is 10.8. The number of carbonyl (C=O) groups is 1. The monoisotopic (exact) mass is 567 g/mol. The molecule has 1 saturated carbocycles. The van der Waals surface area contributed by atoms with E-state index >= 15 is 0 Å². The van der Waals surface area contributed by atoms with Crippen molar-refractivity contribution in [2.75, 3.05) is 13.7 Å². The number of ether oxygens (including phenoxy) is 3. The van der Waals surface area contributed by atoms with Crippen LogP contribution in [0.25, 0.3) is 10.2 Å². The quantitative estimate of drug-likeness (QED) is 0.433. The number of aryl methyl sites for hydroxylation is 1. The lowest BCUT2D eigenvalue weighted by molar-refractivity contribution is -0.146. The first-order chi connectivity index (χ1) is 19.1. The summed E-state index contributed by atoms with van der Waals surface area (Å²) in [7, 11) is 1.57. The van der Waals surface area contributed by atoms with Crippen LogP contribution in [0.15, 0.2) is 33.9 Å². The molecule has 3 aromatic rings. The molecule has 212 valence electrons. The van der Waals surface area contributed by atoms with Gasteiger partial charge in [-0.1, -0.05) is 18.2 Å². The van der Waals surface area contributed by atoms with Crippen molar-refractivity contribution in [1.82, 2.24) is 9.13 Å². The van der Waals surface area contributed by atoms with E-state index in [2.05, 4.69) is 6.07 Å². The van der Waals surface area contributed by atoms with Crippen molar-refractivity contribution in [3.8, 4) is 11.8 Å². The number of para-hydroxylation sites is 1. The zero-order valence-electron chi connectivity index (χ0n) is 23.0. The Hall–Kier alpha value is -3.46. The molecule has 1 saturated heterocycles. The van der Waals surface area contributed by atoms with Gasteiger partial charge in [0.15, 0.2) is 0 Å². The average Bonchev–Trinajstić information content (AvgIpc) is 3.45. The molecule has 1 unspecified atom stereocenters. The van der Waals surface area contributed by atoms with Crippen LogP contribution in [0.5, 0.6) is 5.75 Å². The van der Waals surface area contributed by atoms with Gasteiger partial charge in [0.1, 0.15) is 33.2 Å². The lowest BCUT2D eigenvalue weighted by Crippen LogP contribution is -2.52. The minimum atomic E-state index is -1.83. The zero-order chi connectivity index (χ0) is 28.8. The molecule has 0 radical (unpaired) electrons. The number of aromatic nitrogens is 2. The van der Waals surface area contributed by atoms with Gasteiger partial charge in [0.05, 0.1) is 31.2 Å². The molecule has 2 aliphatic rings. The zero-order valence-corrected chi connectivity index (χ0v) is 23.8. The van der Waals surface area contributed by atoms with E-state index in [1.165, 1.54) is 18.4 Å². The molecule has 11 heteroatoms. The van der Waals surface area contributed by atoms with Crippen molar-refractivity contribution in [3.63, 3.8) is 0 Å². The van der Waals surface area contributed by atoms with Crippen LogP contribution < -0.4 is 16.0 Å². The maximum atomic E-state index is 14.0. The Balaban J connectivity index is 1.68. The predicted octanol–water partition coefficient (Wildman–Crippen LogP) is 3.95. The van der Waals surface area contributed by atoms with E-state index in [-0.39, 0.29) is 29.0 Å². The summed E-state index contributed by atoms with van der Waals surface area (Å²) in [6.07, 6.45) is 2.92. The molecule has 2 aromatic heterocycles. The van der Waals surface area contributed by atoms with Crippen molar-refractivity contribution in [2.45, 2.75) is 76.9 Å². The molecule has 4 atom stereocenters. The van der Waals surface area contributed by atoms with Crippen LogP contribution in [0, 0.1) is 24.2 Å². The van der Waals surface area contributed by atoms with Crippen molar-refractivity contribution in [2.24, 2.45) is 5.92 Å². The van der Waals surface area contributed by atoms with E-state index in [0.717, 1.165) is 53.8 Å². The number of methoxy groups -OCH3 is 1. The maximum absolute atomic E-state index is 14.0. The summed E-state index contributed by atoms with van der Waals surface area (Å²) in [6, 6.07) is 9.51. The molecule has 1 aliphatic heterocycles. The van der Waals surface area contributed by atoms with Crippen LogP contribution in [-0.4, -0.2) is 46.1 Å². The lowest BCUT2D eigenvalue weighted by atomic mass is 10.0. The largest absolute Gasteiger partial charge is 0.496 e. The van der Waals surface area contributed by atoms with Gasteiger partial charge in [-0.05, 0) is 64.0 Å². The first kappa shape index (κ1) is 28.1. The number of hydrogen-bond donors (Lipinski definition) is 1. The molecule has 5 rings (SSSR count). The number of aliphatic carboxylic acids is 1. The highest BCUT2D eigenvalue weighted by molar-refractivity contribution is 7.19. The summed E-state index contributed by atoms with van der Waals surface area (Å²) in [5.41, 5.74) is -2.19. The Morgan fingerprint density at radius 3 is 2.73 bits per heavy atom. The van der Waals surface area contributed by atoms with Gasteiger partial charge in [-0.15, -0.1) is 11.3 Å². The highest BCUT2D eigenvalue weighted by Gasteiger charge is 2.37. The average molecular weight is 568 g/mol. The first-order valence-electron chi connectivity index (χ1n) is 13.4. The molecule has 3 heterocycles. The molecule has 2 bridgehead atoms. The molecule has 40 heavy (non-hydrogen) atoms. The molecule has 1 N–H and O–H groups in total. The first-order valence-corrected chi connectivity index (χ1v) is 14.2. The Kier molecular flexibility index (Phi) is 7.61. The van der Waals surface area contributed by atoms with Gasteiger partial charge >= 0.3 is 11.7 Å². The van der Waals surface area contributed by atoms with E-state index in [1.807, 2.05) is 24.3 Å². The summed E-state index contributed by atoms with van der Waals surface area (Å²) in [5.74, 6) is -0.217. The smallest absolute Gasteiger partial charge is 0.333 e. The summed E-state index contributed by atoms with van der Waals surface area (Å²) in [4.78, 5) is 40.4. The number of nitriles is 1. The summed E-state index contributed by atoms with van der Waals surface area (Å²) >= 11 is 1.05. The lowest BCUT2D eigenvalue weighted by Gasteiger charge is -2.29. The van der Waals surface area contributed by atoms with Gasteiger partial charge in [-0.25, -0.2) is 14.2 Å². The molecule has 1 aliphatic carbocycles. The fourth-order valence-corrected chi connectivity index (χ4v) is 6.95. The predicted molar refractivity (Wildman–Crippen MR) is 149 cm³/mol. The number of rotatable bonds is 8. The van der Waals surface area contributed by atoms with Gasteiger partial charge in [-0.3, -0.25) is 9.36 Å². The second-order valence-electron chi connectivity index (χ2n) is 11.1. The van der Waals surface area contributed by atoms with E-state index in [1.54, 1.807) is 14.0 Å². The Labute approximate surface area is 235 Å². The third kappa shape index (κ3) is 4.85. The highest BCUT2D eigenvalue weighted by atomic mass is 32.1. The van der Waals surface area contributed by atoms with Gasteiger partial charge in [0.25, 0.3) is 5.56 Å². The van der Waals surface area contributed by atoms with Crippen molar-refractivity contribution < 1.29 is 24.1 Å². The molecule has 0 amide bonds. The standard InChI is InChI=1S/C29H33N3O7S/c1-16-23(13-30)40-26-24(16)25(33)32(29(2,3)27(34)35)28(36)31(26)14-22(20-7-5-6-8-21(20)37-4)39-18-10-9-17-11-19(12-18)38-15-17/h5-8,17-19,22H,9-12,14-15H2,1-4H3,(H,34,35)/t17?,18-,19+,22-/m0/s1. The summed E-state index contributed by atoms with van der Waals surface area (Å²) < 4.78 is 20.5. The molecule has 1 aromatic carbocycles. The number of fused-ring (bicyclic) bond motifs is 3. The van der Waals surface area contributed by atoms with E-state index in [0.29, 0.717) is 22.1 Å². The van der Waals surface area contributed by atoms with Crippen LogP contribution in [0.4, 0.5) is 0 Å². The van der Waals surface area contributed by atoms with Crippen LogP contribution in [-0.2, 0) is 26.4 Å². The van der Waals surface area contributed by atoms with Gasteiger partial charge < -0.3 is 19.3 Å². The summed E-state index contributed by atoms with van der Waals surface area (Å²) in [6.45, 7) is 5.04. The summed E-state index contributed by atoms with van der Waals surface area (Å²) in [5, 5.41) is 19.8. The molecule has 10 nitrogen and oxygen atoms in total. The number of benzene rings is 1. The Morgan fingerprint density at radius 1 is 1.27 bits per heavy atom. The fourth-order valence-electron chi connectivity index (χ4n) is 5.85. The van der Waals surface area contributed by atoms with Crippen molar-refractivity contribution >= 4 is 27.5 Å². The third-order valence-electron chi connectivity index (χ3n) is 8.17.